The number of rotatable bonds is 5. The van der Waals surface area contributed by atoms with Gasteiger partial charge in [0.15, 0.2) is 0 Å². The summed E-state index contributed by atoms with van der Waals surface area (Å²) in [5.41, 5.74) is 2.24. The Kier molecular flexibility index (Phi) is 5.70. The molecule has 0 aliphatic carbocycles. The topological polar surface area (TPSA) is 79.2 Å². The number of hydrogen-bond donors (Lipinski definition) is 1. The molecule has 166 valence electrons. The summed E-state index contributed by atoms with van der Waals surface area (Å²) in [5, 5.41) is 14.6. The average molecular weight is 452 g/mol. The highest BCUT2D eigenvalue weighted by atomic mass is 19.4. The molecular weight excluding hydrogens is 437 g/mol. The number of anilines is 1. The van der Waals surface area contributed by atoms with Crippen molar-refractivity contribution >= 4 is 29.4 Å². The SMILES string of the molecule is O=C(O)c1ccc(/C=C2\C(=O)N(c3ccc(OC(F)(F)F)cc3)N=C2c2ccccc2)cc1. The van der Waals surface area contributed by atoms with Crippen LogP contribution in [-0.2, 0) is 4.79 Å². The molecule has 0 aromatic heterocycles. The molecule has 33 heavy (non-hydrogen) atoms. The summed E-state index contributed by atoms with van der Waals surface area (Å²) in [6.45, 7) is 0. The lowest BCUT2D eigenvalue weighted by atomic mass is 10.00. The van der Waals surface area contributed by atoms with Crippen LogP contribution in [0.2, 0.25) is 0 Å². The summed E-state index contributed by atoms with van der Waals surface area (Å²) in [4.78, 5) is 24.3. The van der Waals surface area contributed by atoms with E-state index in [9.17, 15) is 22.8 Å². The van der Waals surface area contributed by atoms with Crippen LogP contribution in [0.15, 0.2) is 89.5 Å². The molecule has 6 nitrogen and oxygen atoms in total. The molecule has 1 N–H and O–H groups in total. The van der Waals surface area contributed by atoms with Gasteiger partial charge in [0, 0.05) is 5.56 Å². The Hall–Kier alpha value is -4.40. The minimum Gasteiger partial charge on any atom is -0.478 e. The maximum absolute atomic E-state index is 13.2. The number of carbonyl (C=O) groups is 2. The number of amides is 1. The fraction of sp³-hybridized carbons (Fsp3) is 0.0417. The van der Waals surface area contributed by atoms with Crippen LogP contribution in [0.3, 0.4) is 0 Å². The normalized spacial score (nSPS) is 15.0. The Morgan fingerprint density at radius 2 is 1.58 bits per heavy atom. The van der Waals surface area contributed by atoms with Gasteiger partial charge in [0.1, 0.15) is 11.5 Å². The lowest BCUT2D eigenvalue weighted by molar-refractivity contribution is -0.274. The molecule has 1 heterocycles. The zero-order valence-corrected chi connectivity index (χ0v) is 16.8. The second kappa shape index (κ2) is 8.62. The van der Waals surface area contributed by atoms with Gasteiger partial charge in [-0.05, 0) is 48.0 Å². The monoisotopic (exact) mass is 452 g/mol. The first-order valence-corrected chi connectivity index (χ1v) is 9.61. The van der Waals surface area contributed by atoms with E-state index in [0.717, 1.165) is 17.1 Å². The van der Waals surface area contributed by atoms with Crippen LogP contribution in [0, 0.1) is 0 Å². The van der Waals surface area contributed by atoms with Crippen LogP contribution >= 0.6 is 0 Å². The number of hydrogen-bond acceptors (Lipinski definition) is 4. The zero-order chi connectivity index (χ0) is 23.6. The van der Waals surface area contributed by atoms with Crippen molar-refractivity contribution in [3.05, 3.63) is 101 Å². The van der Waals surface area contributed by atoms with Crippen LogP contribution < -0.4 is 9.75 Å². The summed E-state index contributed by atoms with van der Waals surface area (Å²) in [5.74, 6) is -1.97. The second-order valence-electron chi connectivity index (χ2n) is 6.96. The number of alkyl halides is 3. The number of ether oxygens (including phenoxy) is 1. The molecule has 1 aliphatic rings. The van der Waals surface area contributed by atoms with Gasteiger partial charge in [-0.1, -0.05) is 42.5 Å². The summed E-state index contributed by atoms with van der Waals surface area (Å²) in [6, 6.07) is 19.7. The molecule has 3 aromatic rings. The first-order chi connectivity index (χ1) is 15.7. The molecule has 0 saturated carbocycles. The van der Waals surface area contributed by atoms with Gasteiger partial charge >= 0.3 is 12.3 Å². The lowest BCUT2D eigenvalue weighted by Gasteiger charge is -2.13. The molecule has 1 amide bonds. The first kappa shape index (κ1) is 21.8. The molecule has 9 heteroatoms. The highest BCUT2D eigenvalue weighted by molar-refractivity contribution is 6.37. The zero-order valence-electron chi connectivity index (χ0n) is 16.8. The van der Waals surface area contributed by atoms with Crippen LogP contribution in [0.4, 0.5) is 18.9 Å². The number of halogens is 3. The quantitative estimate of drug-likeness (QED) is 0.545. The number of carbonyl (C=O) groups excluding carboxylic acids is 1. The van der Waals surface area contributed by atoms with Gasteiger partial charge in [-0.2, -0.15) is 10.1 Å². The number of nitrogens with zero attached hydrogens (tertiary/aromatic N) is 2. The summed E-state index contributed by atoms with van der Waals surface area (Å²) in [6.07, 6.45) is -3.24. The Balaban J connectivity index is 1.71. The smallest absolute Gasteiger partial charge is 0.478 e. The molecule has 4 rings (SSSR count). The molecule has 0 bridgehead atoms. The van der Waals surface area contributed by atoms with E-state index in [1.54, 1.807) is 42.5 Å². The van der Waals surface area contributed by atoms with E-state index in [1.807, 2.05) is 6.07 Å². The van der Waals surface area contributed by atoms with E-state index in [1.165, 1.54) is 24.3 Å². The molecule has 0 spiro atoms. The molecular formula is C24H15F3N2O4. The van der Waals surface area contributed by atoms with Crippen LogP contribution in [0.25, 0.3) is 6.08 Å². The number of carboxylic acids is 1. The van der Waals surface area contributed by atoms with Crippen LogP contribution in [0.1, 0.15) is 21.5 Å². The predicted octanol–water partition coefficient (Wildman–Crippen LogP) is 5.12. The molecule has 0 atom stereocenters. The Bertz CT molecular complexity index is 1250. The molecule has 1 aliphatic heterocycles. The van der Waals surface area contributed by atoms with Gasteiger partial charge < -0.3 is 9.84 Å². The van der Waals surface area contributed by atoms with Gasteiger partial charge in [-0.3, -0.25) is 4.79 Å². The maximum atomic E-state index is 13.2. The molecule has 3 aromatic carbocycles. The third-order valence-corrected chi connectivity index (χ3v) is 4.71. The van der Waals surface area contributed by atoms with E-state index >= 15 is 0 Å². The minimum atomic E-state index is -4.82. The number of aromatic carboxylic acids is 1. The van der Waals surface area contributed by atoms with E-state index < -0.39 is 24.0 Å². The Labute approximate surface area is 185 Å². The highest BCUT2D eigenvalue weighted by Gasteiger charge is 2.33. The standard InChI is InChI=1S/C24H15F3N2O4/c25-24(26,27)33-19-12-10-18(11-13-19)29-22(30)20(21(28-29)16-4-2-1-3-5-16)14-15-6-8-17(9-7-15)23(31)32/h1-14H,(H,31,32)/b20-14-. The van der Waals surface area contributed by atoms with Gasteiger partial charge in [-0.15, -0.1) is 13.2 Å². The van der Waals surface area contributed by atoms with Gasteiger partial charge in [-0.25, -0.2) is 4.79 Å². The molecule has 0 radical (unpaired) electrons. The second-order valence-corrected chi connectivity index (χ2v) is 6.96. The minimum absolute atomic E-state index is 0.106. The summed E-state index contributed by atoms with van der Waals surface area (Å²) < 4.78 is 41.1. The van der Waals surface area contributed by atoms with Gasteiger partial charge in [0.2, 0.25) is 0 Å². The van der Waals surface area contributed by atoms with Crippen LogP contribution in [-0.4, -0.2) is 29.1 Å². The van der Waals surface area contributed by atoms with Crippen molar-refractivity contribution in [2.24, 2.45) is 5.10 Å². The predicted molar refractivity (Wildman–Crippen MR) is 115 cm³/mol. The van der Waals surface area contributed by atoms with Crippen molar-refractivity contribution in [1.29, 1.82) is 0 Å². The third kappa shape index (κ3) is 4.93. The number of hydrazone groups is 1. The van der Waals surface area contributed by atoms with E-state index in [-0.39, 0.29) is 16.8 Å². The van der Waals surface area contributed by atoms with Gasteiger partial charge in [0.05, 0.1) is 16.8 Å². The third-order valence-electron chi connectivity index (χ3n) is 4.71. The van der Waals surface area contributed by atoms with Crippen LogP contribution in [0.5, 0.6) is 5.75 Å². The van der Waals surface area contributed by atoms with Crippen molar-refractivity contribution in [1.82, 2.24) is 0 Å². The van der Waals surface area contributed by atoms with Crippen molar-refractivity contribution in [3.8, 4) is 5.75 Å². The molecule has 0 saturated heterocycles. The number of carboxylic acid groups (broad SMARTS) is 1. The van der Waals surface area contributed by atoms with Crippen molar-refractivity contribution in [2.45, 2.75) is 6.36 Å². The fourth-order valence-electron chi connectivity index (χ4n) is 3.21. The summed E-state index contributed by atoms with van der Waals surface area (Å²) >= 11 is 0. The fourth-order valence-corrected chi connectivity index (χ4v) is 3.21. The summed E-state index contributed by atoms with van der Waals surface area (Å²) in [7, 11) is 0. The lowest BCUT2D eigenvalue weighted by Crippen LogP contribution is -2.21. The number of benzene rings is 3. The Morgan fingerprint density at radius 1 is 0.939 bits per heavy atom. The highest BCUT2D eigenvalue weighted by Crippen LogP contribution is 2.30. The van der Waals surface area contributed by atoms with Crippen molar-refractivity contribution in [2.75, 3.05) is 5.01 Å². The van der Waals surface area contributed by atoms with Gasteiger partial charge in [0.25, 0.3) is 5.91 Å². The van der Waals surface area contributed by atoms with Crippen molar-refractivity contribution in [3.63, 3.8) is 0 Å². The van der Waals surface area contributed by atoms with E-state index in [0.29, 0.717) is 16.8 Å². The van der Waals surface area contributed by atoms with Crippen molar-refractivity contribution < 1.29 is 32.6 Å². The largest absolute Gasteiger partial charge is 0.573 e. The Morgan fingerprint density at radius 3 is 2.15 bits per heavy atom. The maximum Gasteiger partial charge on any atom is 0.573 e. The van der Waals surface area contributed by atoms with E-state index in [2.05, 4.69) is 9.84 Å². The average Bonchev–Trinajstić information content (AvgIpc) is 3.10. The first-order valence-electron chi connectivity index (χ1n) is 9.61. The molecule has 0 fully saturated rings. The van der Waals surface area contributed by atoms with E-state index in [4.69, 9.17) is 5.11 Å². The molecule has 0 unspecified atom stereocenters.